The van der Waals surface area contributed by atoms with Crippen LogP contribution in [0.1, 0.15) is 5.56 Å². The van der Waals surface area contributed by atoms with Gasteiger partial charge >= 0.3 is 16.3 Å². The number of anilines is 3. The number of hydrogen-bond donors (Lipinski definition) is 1. The number of carbonyl (C=O) groups is 1. The van der Waals surface area contributed by atoms with Crippen LogP contribution < -0.4 is 13.9 Å². The number of nitrogens with zero attached hydrogens (tertiary/aromatic N) is 2. The maximum atomic E-state index is 12.1. The van der Waals surface area contributed by atoms with Gasteiger partial charge in [0.2, 0.25) is 0 Å². The molecule has 0 saturated carbocycles. The molecular weight excluding hydrogens is 330 g/mol. The fraction of sp³-hybridized carbons (Fsp3) is 0.188. The van der Waals surface area contributed by atoms with Crippen LogP contribution in [-0.2, 0) is 21.6 Å². The molecular formula is C16H17N3O4S. The quantitative estimate of drug-likeness (QED) is 0.925. The summed E-state index contributed by atoms with van der Waals surface area (Å²) in [6.07, 6.45) is -0.601. The molecule has 126 valence electrons. The number of nitrogens with one attached hydrogen (secondary N) is 1. The minimum Gasteiger partial charge on any atom is -0.444 e. The first kappa shape index (κ1) is 16.1. The second-order valence-corrected chi connectivity index (χ2v) is 7.32. The molecule has 0 bridgehead atoms. The van der Waals surface area contributed by atoms with Crippen LogP contribution in [0.4, 0.5) is 21.9 Å². The van der Waals surface area contributed by atoms with Crippen LogP contribution in [0.15, 0.2) is 48.5 Å². The van der Waals surface area contributed by atoms with Crippen LogP contribution in [0.5, 0.6) is 0 Å². The lowest BCUT2D eigenvalue weighted by Gasteiger charge is -2.13. The van der Waals surface area contributed by atoms with Gasteiger partial charge in [-0.25, -0.2) is 4.79 Å². The fourth-order valence-electron chi connectivity index (χ4n) is 2.43. The van der Waals surface area contributed by atoms with E-state index in [-0.39, 0.29) is 6.61 Å². The largest absolute Gasteiger partial charge is 0.444 e. The van der Waals surface area contributed by atoms with Crippen molar-refractivity contribution < 1.29 is 17.9 Å². The second-order valence-electron chi connectivity index (χ2n) is 5.33. The number of hydrogen-bond acceptors (Lipinski definition) is 4. The highest BCUT2D eigenvalue weighted by molar-refractivity contribution is 7.94. The summed E-state index contributed by atoms with van der Waals surface area (Å²) in [5.74, 6) is 0. The van der Waals surface area contributed by atoms with Gasteiger partial charge in [0.05, 0.1) is 11.4 Å². The molecule has 1 amide bonds. The molecule has 0 aliphatic carbocycles. The van der Waals surface area contributed by atoms with E-state index in [1.54, 1.807) is 18.2 Å². The Hall–Kier alpha value is -2.74. The van der Waals surface area contributed by atoms with E-state index in [0.29, 0.717) is 17.1 Å². The predicted molar refractivity (Wildman–Crippen MR) is 92.4 cm³/mol. The van der Waals surface area contributed by atoms with Gasteiger partial charge in [-0.2, -0.15) is 8.42 Å². The van der Waals surface area contributed by atoms with Gasteiger partial charge in [0, 0.05) is 19.8 Å². The van der Waals surface area contributed by atoms with Gasteiger partial charge in [0.25, 0.3) is 0 Å². The Morgan fingerprint density at radius 3 is 2.42 bits per heavy atom. The first-order valence-electron chi connectivity index (χ1n) is 7.24. The van der Waals surface area contributed by atoms with Gasteiger partial charge in [-0.3, -0.25) is 13.9 Å². The van der Waals surface area contributed by atoms with Crippen LogP contribution >= 0.6 is 0 Å². The van der Waals surface area contributed by atoms with Crippen molar-refractivity contribution >= 4 is 33.4 Å². The Balaban J connectivity index is 1.69. The van der Waals surface area contributed by atoms with Crippen LogP contribution in [0.3, 0.4) is 0 Å². The van der Waals surface area contributed by atoms with Crippen molar-refractivity contribution in [1.82, 2.24) is 0 Å². The van der Waals surface area contributed by atoms with Crippen molar-refractivity contribution in [3.63, 3.8) is 0 Å². The number of amides is 1. The molecule has 7 nitrogen and oxygen atoms in total. The number of ether oxygens (including phenoxy) is 1. The Labute approximate surface area is 140 Å². The third kappa shape index (κ3) is 2.88. The summed E-state index contributed by atoms with van der Waals surface area (Å²) in [5, 5.41) is 2.60. The van der Waals surface area contributed by atoms with Gasteiger partial charge in [0.1, 0.15) is 6.61 Å². The molecule has 0 aromatic heterocycles. The maximum absolute atomic E-state index is 12.1. The predicted octanol–water partition coefficient (Wildman–Crippen LogP) is 2.57. The molecule has 0 radical (unpaired) electrons. The molecule has 8 heteroatoms. The highest BCUT2D eigenvalue weighted by Crippen LogP contribution is 2.40. The zero-order valence-corrected chi connectivity index (χ0v) is 14.1. The van der Waals surface area contributed by atoms with Crippen molar-refractivity contribution in [2.24, 2.45) is 0 Å². The highest BCUT2D eigenvalue weighted by atomic mass is 32.2. The lowest BCUT2D eigenvalue weighted by molar-refractivity contribution is 0.155. The van der Waals surface area contributed by atoms with E-state index in [1.165, 1.54) is 22.7 Å². The lowest BCUT2D eigenvalue weighted by atomic mass is 10.2. The smallest absolute Gasteiger partial charge is 0.411 e. The monoisotopic (exact) mass is 347 g/mol. The van der Waals surface area contributed by atoms with E-state index in [0.717, 1.165) is 5.56 Å². The molecule has 2 aromatic rings. The normalized spacial score (nSPS) is 15.1. The average molecular weight is 347 g/mol. The third-order valence-electron chi connectivity index (χ3n) is 3.81. The molecule has 1 N–H and O–H groups in total. The van der Waals surface area contributed by atoms with Crippen LogP contribution in [0, 0.1) is 0 Å². The Morgan fingerprint density at radius 1 is 1.04 bits per heavy atom. The summed E-state index contributed by atoms with van der Waals surface area (Å²) in [6.45, 7) is 0.161. The topological polar surface area (TPSA) is 79.0 Å². The molecule has 24 heavy (non-hydrogen) atoms. The number of carbonyl (C=O) groups excluding carboxylic acids is 1. The summed E-state index contributed by atoms with van der Waals surface area (Å²) in [4.78, 5) is 11.9. The maximum Gasteiger partial charge on any atom is 0.411 e. The van der Waals surface area contributed by atoms with Crippen molar-refractivity contribution in [2.75, 3.05) is 28.0 Å². The van der Waals surface area contributed by atoms with Crippen LogP contribution in [0.25, 0.3) is 0 Å². The van der Waals surface area contributed by atoms with Crippen LogP contribution in [-0.4, -0.2) is 28.6 Å². The number of fused-ring (bicyclic) bond motifs is 1. The van der Waals surface area contributed by atoms with Gasteiger partial charge in [0.15, 0.2) is 0 Å². The Morgan fingerprint density at radius 2 is 1.71 bits per heavy atom. The highest BCUT2D eigenvalue weighted by Gasteiger charge is 2.35. The summed E-state index contributed by atoms with van der Waals surface area (Å²) < 4.78 is 31.7. The van der Waals surface area contributed by atoms with Crippen molar-refractivity contribution in [3.05, 3.63) is 54.1 Å². The van der Waals surface area contributed by atoms with Gasteiger partial charge in [-0.05, 0) is 23.8 Å². The first-order valence-corrected chi connectivity index (χ1v) is 8.64. The molecule has 0 spiro atoms. The number of rotatable bonds is 3. The van der Waals surface area contributed by atoms with Gasteiger partial charge < -0.3 is 4.74 Å². The van der Waals surface area contributed by atoms with E-state index in [9.17, 15) is 13.2 Å². The average Bonchev–Trinajstić information content (AvgIpc) is 2.75. The first-order chi connectivity index (χ1) is 11.4. The minimum atomic E-state index is -3.53. The Kier molecular flexibility index (Phi) is 4.06. The third-order valence-corrected chi connectivity index (χ3v) is 5.58. The number of benzene rings is 2. The van der Waals surface area contributed by atoms with Gasteiger partial charge in [-0.15, -0.1) is 0 Å². The summed E-state index contributed by atoms with van der Waals surface area (Å²) >= 11 is 0. The van der Waals surface area contributed by atoms with E-state index >= 15 is 0 Å². The standard InChI is InChI=1S/C16H17N3O4S/c1-18-14-9-8-13(10-15(14)19(2)24(18,21)22)17-16(20)23-11-12-6-4-3-5-7-12/h3-10H,11H2,1-2H3,(H,17,20). The molecule has 0 atom stereocenters. The van der Waals surface area contributed by atoms with Crippen molar-refractivity contribution in [2.45, 2.75) is 6.61 Å². The van der Waals surface area contributed by atoms with E-state index in [2.05, 4.69) is 5.32 Å². The molecule has 1 aliphatic rings. The zero-order chi connectivity index (χ0) is 17.3. The van der Waals surface area contributed by atoms with E-state index < -0.39 is 16.3 Å². The summed E-state index contributed by atoms with van der Waals surface area (Å²) in [7, 11) is -0.579. The molecule has 3 rings (SSSR count). The molecule has 0 fully saturated rings. The Bertz CT molecular complexity index is 868. The minimum absolute atomic E-state index is 0.161. The van der Waals surface area contributed by atoms with E-state index in [1.807, 2.05) is 30.3 Å². The van der Waals surface area contributed by atoms with Gasteiger partial charge in [-0.1, -0.05) is 30.3 Å². The summed E-state index contributed by atoms with van der Waals surface area (Å²) in [6, 6.07) is 14.2. The van der Waals surface area contributed by atoms with Crippen molar-refractivity contribution in [1.29, 1.82) is 0 Å². The molecule has 1 aliphatic heterocycles. The summed E-state index contributed by atoms with van der Waals surface area (Å²) in [5.41, 5.74) is 2.40. The van der Waals surface area contributed by atoms with Crippen molar-refractivity contribution in [3.8, 4) is 0 Å². The molecule has 1 heterocycles. The van der Waals surface area contributed by atoms with Crippen LogP contribution in [0.2, 0.25) is 0 Å². The second kappa shape index (κ2) is 6.04. The van der Waals surface area contributed by atoms with E-state index in [4.69, 9.17) is 4.74 Å². The fourth-order valence-corrected chi connectivity index (χ4v) is 3.59. The lowest BCUT2D eigenvalue weighted by Crippen LogP contribution is -2.32. The zero-order valence-electron chi connectivity index (χ0n) is 13.3. The molecule has 0 unspecified atom stereocenters. The SMILES string of the molecule is CN1c2ccc(NC(=O)OCc3ccccc3)cc2N(C)S1(=O)=O. The molecule has 0 saturated heterocycles. The molecule has 2 aromatic carbocycles.